The molecule has 0 fully saturated rings. The summed E-state index contributed by atoms with van der Waals surface area (Å²) in [6, 6.07) is 0. The first-order chi connectivity index (χ1) is 15.0. The molecule has 1 heterocycles. The van der Waals surface area contributed by atoms with Crippen LogP contribution in [0.25, 0.3) is 0 Å². The minimum absolute atomic E-state index is 0.0309. The summed E-state index contributed by atoms with van der Waals surface area (Å²) in [6.45, 7) is 10.9. The van der Waals surface area contributed by atoms with Crippen molar-refractivity contribution in [3.8, 4) is 0 Å². The van der Waals surface area contributed by atoms with Crippen molar-refractivity contribution in [1.82, 2.24) is 0 Å². The van der Waals surface area contributed by atoms with Gasteiger partial charge in [-0.1, -0.05) is 37.6 Å². The number of aliphatic hydroxyl groups is 3. The van der Waals surface area contributed by atoms with Crippen molar-refractivity contribution >= 4 is 11.9 Å². The van der Waals surface area contributed by atoms with Crippen LogP contribution in [0, 0.1) is 17.8 Å². The lowest BCUT2D eigenvalue weighted by Crippen LogP contribution is -2.41. The van der Waals surface area contributed by atoms with Crippen LogP contribution in [0.2, 0.25) is 0 Å². The van der Waals surface area contributed by atoms with E-state index in [1.54, 1.807) is 26.0 Å². The van der Waals surface area contributed by atoms with E-state index < -0.39 is 29.7 Å². The first kappa shape index (κ1) is 27.8. The molecule has 0 aromatic rings. The number of allylic oxidation sites excluding steroid dienone is 2. The first-order valence-corrected chi connectivity index (χ1v) is 11.0. The van der Waals surface area contributed by atoms with E-state index >= 15 is 0 Å². The van der Waals surface area contributed by atoms with Crippen molar-refractivity contribution in [3.63, 3.8) is 0 Å². The van der Waals surface area contributed by atoms with Gasteiger partial charge in [0, 0.05) is 31.3 Å². The second-order valence-electron chi connectivity index (χ2n) is 8.94. The van der Waals surface area contributed by atoms with Crippen LogP contribution >= 0.6 is 0 Å². The summed E-state index contributed by atoms with van der Waals surface area (Å²) in [7, 11) is 0. The summed E-state index contributed by atoms with van der Waals surface area (Å²) in [5.41, 5.74) is -0.218. The molecule has 0 saturated heterocycles. The summed E-state index contributed by atoms with van der Waals surface area (Å²) in [4.78, 5) is 24.2. The molecule has 3 N–H and O–H groups in total. The van der Waals surface area contributed by atoms with Gasteiger partial charge in [0.2, 0.25) is 0 Å². The highest BCUT2D eigenvalue weighted by atomic mass is 16.6. The molecule has 0 amide bonds. The van der Waals surface area contributed by atoms with Gasteiger partial charge in [-0.05, 0) is 51.0 Å². The third kappa shape index (κ3) is 9.94. The maximum atomic E-state index is 12.4. The summed E-state index contributed by atoms with van der Waals surface area (Å²) < 4.78 is 11.0. The van der Waals surface area contributed by atoms with E-state index in [-0.39, 0.29) is 31.0 Å². The molecule has 32 heavy (non-hydrogen) atoms. The Bertz CT molecular complexity index is 720. The number of cyclic esters (lactones) is 1. The second-order valence-corrected chi connectivity index (χ2v) is 8.94. The SMILES string of the molecule is C=C[C@](C)(O)C[C@H](C)C[C@H](C)[C@H]1OC(=O)C=C[C@H]1OC(=O)/C=C/C(C)=C/[C@@H](CO)CCO. The quantitative estimate of drug-likeness (QED) is 0.171. The molecule has 1 aliphatic rings. The molecule has 0 saturated carbocycles. The van der Waals surface area contributed by atoms with Crippen molar-refractivity contribution < 1.29 is 34.4 Å². The van der Waals surface area contributed by atoms with Crippen molar-refractivity contribution in [2.75, 3.05) is 13.2 Å². The molecule has 0 unspecified atom stereocenters. The van der Waals surface area contributed by atoms with Gasteiger partial charge in [0.25, 0.3) is 0 Å². The predicted octanol–water partition coefficient (Wildman–Crippen LogP) is 2.86. The standard InChI is InChI=1S/C25H38O7/c1-6-25(5,30)15-18(3)13-19(4)24-21(8-10-23(29)32-24)31-22(28)9-7-17(2)14-20(16-27)11-12-26/h6-10,14,18-21,24,26-27,30H,1,11-13,15-16H2,2-5H3/b9-7+,17-14+/t18-,19+,20+,21-,24-,25+/m1/s1. The van der Waals surface area contributed by atoms with Gasteiger partial charge in [0.05, 0.1) is 5.60 Å². The Balaban J connectivity index is 2.78. The monoisotopic (exact) mass is 450 g/mol. The zero-order chi connectivity index (χ0) is 24.3. The van der Waals surface area contributed by atoms with E-state index in [0.29, 0.717) is 19.3 Å². The largest absolute Gasteiger partial charge is 0.455 e. The lowest BCUT2D eigenvalue weighted by atomic mass is 9.84. The van der Waals surface area contributed by atoms with E-state index in [1.165, 1.54) is 24.3 Å². The first-order valence-electron chi connectivity index (χ1n) is 11.0. The van der Waals surface area contributed by atoms with Gasteiger partial charge in [-0.15, -0.1) is 6.58 Å². The highest BCUT2D eigenvalue weighted by molar-refractivity contribution is 5.85. The van der Waals surface area contributed by atoms with Crippen LogP contribution in [0.3, 0.4) is 0 Å². The van der Waals surface area contributed by atoms with E-state index in [9.17, 15) is 19.8 Å². The number of carbonyl (C=O) groups is 2. The minimum atomic E-state index is -0.976. The Morgan fingerprint density at radius 1 is 1.34 bits per heavy atom. The maximum absolute atomic E-state index is 12.4. The summed E-state index contributed by atoms with van der Waals surface area (Å²) >= 11 is 0. The Morgan fingerprint density at radius 3 is 2.62 bits per heavy atom. The molecule has 180 valence electrons. The van der Waals surface area contributed by atoms with Crippen molar-refractivity contribution in [2.24, 2.45) is 17.8 Å². The van der Waals surface area contributed by atoms with Crippen LogP contribution in [-0.4, -0.2) is 58.3 Å². The molecule has 7 nitrogen and oxygen atoms in total. The zero-order valence-electron chi connectivity index (χ0n) is 19.6. The summed E-state index contributed by atoms with van der Waals surface area (Å²) in [5.74, 6) is -1.21. The van der Waals surface area contributed by atoms with Crippen LogP contribution in [0.5, 0.6) is 0 Å². The number of hydrogen-bond donors (Lipinski definition) is 3. The van der Waals surface area contributed by atoms with Crippen molar-refractivity contribution in [2.45, 2.75) is 64.8 Å². The van der Waals surface area contributed by atoms with Crippen LogP contribution in [0.4, 0.5) is 0 Å². The molecule has 1 aliphatic heterocycles. The number of hydrogen-bond acceptors (Lipinski definition) is 7. The van der Waals surface area contributed by atoms with E-state index in [4.69, 9.17) is 14.6 Å². The van der Waals surface area contributed by atoms with E-state index in [1.807, 2.05) is 13.8 Å². The molecule has 0 aromatic carbocycles. The van der Waals surface area contributed by atoms with Crippen molar-refractivity contribution in [1.29, 1.82) is 0 Å². The van der Waals surface area contributed by atoms with Gasteiger partial charge in [0.15, 0.2) is 6.10 Å². The van der Waals surface area contributed by atoms with Crippen LogP contribution in [0.1, 0.15) is 47.0 Å². The van der Waals surface area contributed by atoms with Gasteiger partial charge < -0.3 is 24.8 Å². The number of esters is 2. The lowest BCUT2D eigenvalue weighted by molar-refractivity contribution is -0.164. The minimum Gasteiger partial charge on any atom is -0.455 e. The predicted molar refractivity (Wildman–Crippen MR) is 122 cm³/mol. The zero-order valence-corrected chi connectivity index (χ0v) is 19.6. The molecular weight excluding hydrogens is 412 g/mol. The summed E-state index contributed by atoms with van der Waals surface area (Å²) in [5, 5.41) is 28.5. The Labute approximate surface area is 191 Å². The average Bonchev–Trinajstić information content (AvgIpc) is 2.72. The van der Waals surface area contributed by atoms with Gasteiger partial charge >= 0.3 is 11.9 Å². The van der Waals surface area contributed by atoms with Gasteiger partial charge in [-0.2, -0.15) is 0 Å². The fraction of sp³-hybridized carbons (Fsp3) is 0.600. The highest BCUT2D eigenvalue weighted by Gasteiger charge is 2.35. The molecule has 0 bridgehead atoms. The third-order valence-electron chi connectivity index (χ3n) is 5.50. The fourth-order valence-electron chi connectivity index (χ4n) is 3.90. The molecule has 6 atom stereocenters. The number of rotatable bonds is 13. The molecule has 0 aromatic heterocycles. The topological polar surface area (TPSA) is 113 Å². The Morgan fingerprint density at radius 2 is 2.03 bits per heavy atom. The van der Waals surface area contributed by atoms with E-state index in [2.05, 4.69) is 6.58 Å². The molecule has 7 heteroatoms. The highest BCUT2D eigenvalue weighted by Crippen LogP contribution is 2.29. The Kier molecular flexibility index (Phi) is 11.6. The molecule has 1 rings (SSSR count). The normalized spacial score (nSPS) is 23.8. The number of aliphatic hydroxyl groups excluding tert-OH is 2. The summed E-state index contributed by atoms with van der Waals surface area (Å²) in [6.07, 6.45) is 9.23. The molecule has 0 radical (unpaired) electrons. The van der Waals surface area contributed by atoms with Crippen LogP contribution < -0.4 is 0 Å². The Hall–Kier alpha value is -2.22. The average molecular weight is 451 g/mol. The van der Waals surface area contributed by atoms with Crippen LogP contribution in [-0.2, 0) is 19.1 Å². The molecule has 0 aliphatic carbocycles. The fourth-order valence-corrected chi connectivity index (χ4v) is 3.90. The molecule has 0 spiro atoms. The van der Waals surface area contributed by atoms with Gasteiger partial charge in [-0.3, -0.25) is 0 Å². The van der Waals surface area contributed by atoms with Gasteiger partial charge in [0.1, 0.15) is 6.10 Å². The van der Waals surface area contributed by atoms with E-state index in [0.717, 1.165) is 5.57 Å². The maximum Gasteiger partial charge on any atom is 0.331 e. The second kappa shape index (κ2) is 13.4. The molecular formula is C25H38O7. The third-order valence-corrected chi connectivity index (χ3v) is 5.50. The number of carbonyl (C=O) groups excluding carboxylic acids is 2. The lowest BCUT2D eigenvalue weighted by Gasteiger charge is -2.33. The smallest absolute Gasteiger partial charge is 0.331 e. The number of ether oxygens (including phenoxy) is 2. The van der Waals surface area contributed by atoms with Gasteiger partial charge in [-0.25, -0.2) is 9.59 Å². The van der Waals surface area contributed by atoms with Crippen LogP contribution in [0.15, 0.2) is 48.6 Å². The van der Waals surface area contributed by atoms with Crippen molar-refractivity contribution in [3.05, 3.63) is 48.6 Å².